The molecule has 4 rings (SSSR count). The van der Waals surface area contributed by atoms with Crippen molar-refractivity contribution < 1.29 is 9.18 Å². The molecule has 30 heavy (non-hydrogen) atoms. The number of carbonyl (C=O) groups excluding carboxylic acids is 1. The number of anilines is 1. The molecule has 1 N–H and O–H groups in total. The molecule has 7 nitrogen and oxygen atoms in total. The highest BCUT2D eigenvalue weighted by Crippen LogP contribution is 2.24. The minimum atomic E-state index is -0.374. The molecule has 0 atom stereocenters. The predicted molar refractivity (Wildman–Crippen MR) is 116 cm³/mol. The van der Waals surface area contributed by atoms with Gasteiger partial charge in [-0.3, -0.25) is 18.6 Å². The largest absolute Gasteiger partial charge is 0.325 e. The maximum absolute atomic E-state index is 13.0. The van der Waals surface area contributed by atoms with Crippen LogP contribution in [0.4, 0.5) is 10.1 Å². The summed E-state index contributed by atoms with van der Waals surface area (Å²) in [4.78, 5) is 25.2. The molecule has 1 amide bonds. The fourth-order valence-corrected chi connectivity index (χ4v) is 4.04. The molecule has 0 radical (unpaired) electrons. The lowest BCUT2D eigenvalue weighted by molar-refractivity contribution is -0.113. The van der Waals surface area contributed by atoms with Gasteiger partial charge in [-0.15, -0.1) is 10.2 Å². The van der Waals surface area contributed by atoms with Crippen molar-refractivity contribution in [3.8, 4) is 0 Å². The average Bonchev–Trinajstić information content (AvgIpc) is 3.15. The van der Waals surface area contributed by atoms with Gasteiger partial charge in [0, 0.05) is 17.3 Å². The van der Waals surface area contributed by atoms with Crippen molar-refractivity contribution >= 4 is 51.6 Å². The van der Waals surface area contributed by atoms with Gasteiger partial charge < -0.3 is 5.32 Å². The quantitative estimate of drug-likeness (QED) is 0.454. The number of aryl methyl sites for hydroxylation is 1. The minimum Gasteiger partial charge on any atom is -0.325 e. The van der Waals surface area contributed by atoms with E-state index in [9.17, 15) is 14.0 Å². The lowest BCUT2D eigenvalue weighted by Gasteiger charge is -2.11. The van der Waals surface area contributed by atoms with Crippen molar-refractivity contribution in [1.82, 2.24) is 19.2 Å². The monoisotopic (exact) mass is 445 g/mol. The van der Waals surface area contributed by atoms with Gasteiger partial charge in [0.2, 0.25) is 11.7 Å². The first kappa shape index (κ1) is 20.4. The van der Waals surface area contributed by atoms with Gasteiger partial charge in [0.05, 0.1) is 16.7 Å². The van der Waals surface area contributed by atoms with E-state index in [1.54, 1.807) is 27.2 Å². The van der Waals surface area contributed by atoms with E-state index in [4.69, 9.17) is 11.6 Å². The summed E-state index contributed by atoms with van der Waals surface area (Å²) in [6, 6.07) is 10.6. The second-order valence-electron chi connectivity index (χ2n) is 6.58. The average molecular weight is 446 g/mol. The van der Waals surface area contributed by atoms with Crippen LogP contribution in [0.5, 0.6) is 0 Å². The normalized spacial score (nSPS) is 11.3. The van der Waals surface area contributed by atoms with E-state index >= 15 is 0 Å². The molecule has 0 fully saturated rings. The van der Waals surface area contributed by atoms with Gasteiger partial charge in [-0.2, -0.15) is 0 Å². The molecule has 2 aromatic carbocycles. The summed E-state index contributed by atoms with van der Waals surface area (Å²) >= 11 is 7.35. The highest BCUT2D eigenvalue weighted by atomic mass is 35.5. The van der Waals surface area contributed by atoms with Crippen molar-refractivity contribution in [2.24, 2.45) is 0 Å². The number of fused-ring (bicyclic) bond motifs is 3. The molecule has 0 aliphatic carbocycles. The number of thioether (sulfide) groups is 1. The zero-order chi connectivity index (χ0) is 21.3. The summed E-state index contributed by atoms with van der Waals surface area (Å²) in [7, 11) is 0. The third kappa shape index (κ3) is 3.90. The number of hydrogen-bond acceptors (Lipinski definition) is 5. The molecule has 0 saturated carbocycles. The van der Waals surface area contributed by atoms with Gasteiger partial charge in [-0.05, 0) is 48.9 Å². The molecule has 0 aliphatic rings. The van der Waals surface area contributed by atoms with E-state index in [1.165, 1.54) is 36.0 Å². The lowest BCUT2D eigenvalue weighted by atomic mass is 10.2. The zero-order valence-electron chi connectivity index (χ0n) is 15.9. The summed E-state index contributed by atoms with van der Waals surface area (Å²) in [6.45, 7) is 2.47. The Morgan fingerprint density at radius 3 is 2.70 bits per heavy atom. The van der Waals surface area contributed by atoms with Crippen molar-refractivity contribution in [3.05, 3.63) is 63.7 Å². The molecule has 154 valence electrons. The van der Waals surface area contributed by atoms with E-state index in [0.29, 0.717) is 39.1 Å². The Hall–Kier alpha value is -2.91. The number of nitrogens with one attached hydrogen (secondary N) is 1. The predicted octanol–water partition coefficient (Wildman–Crippen LogP) is 3.98. The number of hydrogen-bond donors (Lipinski definition) is 1. The van der Waals surface area contributed by atoms with Crippen LogP contribution >= 0.6 is 23.4 Å². The Morgan fingerprint density at radius 2 is 1.97 bits per heavy atom. The van der Waals surface area contributed by atoms with Gasteiger partial charge in [-0.25, -0.2) is 4.39 Å². The Balaban J connectivity index is 1.68. The molecule has 0 aliphatic heterocycles. The first-order valence-corrected chi connectivity index (χ1v) is 10.6. The van der Waals surface area contributed by atoms with E-state index in [0.717, 1.165) is 6.42 Å². The number of halogens is 2. The molecule has 10 heteroatoms. The van der Waals surface area contributed by atoms with E-state index in [-0.39, 0.29) is 23.0 Å². The van der Waals surface area contributed by atoms with Gasteiger partial charge in [0.1, 0.15) is 5.82 Å². The molecule has 2 heterocycles. The topological polar surface area (TPSA) is 81.3 Å². The number of benzene rings is 2. The SMILES string of the molecule is CCCn1c(=O)c2ccc(Cl)cc2n2c(SCC(=O)Nc3ccc(F)cc3)nnc12. The Bertz CT molecular complexity index is 1300. The van der Waals surface area contributed by atoms with Crippen LogP contribution in [-0.4, -0.2) is 30.8 Å². The summed E-state index contributed by atoms with van der Waals surface area (Å²) in [5, 5.41) is 12.5. The number of aromatic nitrogens is 4. The van der Waals surface area contributed by atoms with Gasteiger partial charge >= 0.3 is 0 Å². The van der Waals surface area contributed by atoms with Crippen LogP contribution in [-0.2, 0) is 11.3 Å². The van der Waals surface area contributed by atoms with Crippen LogP contribution in [0.15, 0.2) is 52.4 Å². The highest BCUT2D eigenvalue weighted by Gasteiger charge is 2.18. The maximum Gasteiger partial charge on any atom is 0.262 e. The first-order chi connectivity index (χ1) is 14.5. The molecular weight excluding hydrogens is 429 g/mol. The second kappa shape index (κ2) is 8.45. The third-order valence-electron chi connectivity index (χ3n) is 4.44. The minimum absolute atomic E-state index is 0.0626. The molecule has 0 saturated heterocycles. The van der Waals surface area contributed by atoms with E-state index in [1.807, 2.05) is 6.92 Å². The lowest BCUT2D eigenvalue weighted by Crippen LogP contribution is -2.23. The number of rotatable bonds is 6. The number of amides is 1. The Kier molecular flexibility index (Phi) is 5.74. The van der Waals surface area contributed by atoms with Crippen LogP contribution in [0.2, 0.25) is 5.02 Å². The summed E-state index contributed by atoms with van der Waals surface area (Å²) in [5.74, 6) is -0.181. The smallest absolute Gasteiger partial charge is 0.262 e. The van der Waals surface area contributed by atoms with Gasteiger partial charge in [-0.1, -0.05) is 30.3 Å². The van der Waals surface area contributed by atoms with Gasteiger partial charge in [0.25, 0.3) is 5.56 Å². The zero-order valence-corrected chi connectivity index (χ0v) is 17.5. The number of carbonyl (C=O) groups is 1. The van der Waals surface area contributed by atoms with Crippen LogP contribution in [0.25, 0.3) is 16.7 Å². The van der Waals surface area contributed by atoms with E-state index < -0.39 is 0 Å². The molecule has 4 aromatic rings. The third-order valence-corrected chi connectivity index (χ3v) is 5.61. The molecule has 2 aromatic heterocycles. The van der Waals surface area contributed by atoms with Crippen LogP contribution in [0, 0.1) is 5.82 Å². The fourth-order valence-electron chi connectivity index (χ4n) is 3.13. The van der Waals surface area contributed by atoms with Crippen LogP contribution < -0.4 is 10.9 Å². The summed E-state index contributed by atoms with van der Waals surface area (Å²) < 4.78 is 16.3. The maximum atomic E-state index is 13.0. The van der Waals surface area contributed by atoms with E-state index in [2.05, 4.69) is 15.5 Å². The Morgan fingerprint density at radius 1 is 1.20 bits per heavy atom. The highest BCUT2D eigenvalue weighted by molar-refractivity contribution is 7.99. The van der Waals surface area contributed by atoms with Crippen molar-refractivity contribution in [1.29, 1.82) is 0 Å². The van der Waals surface area contributed by atoms with Crippen LogP contribution in [0.1, 0.15) is 13.3 Å². The first-order valence-electron chi connectivity index (χ1n) is 9.23. The fraction of sp³-hybridized carbons (Fsp3) is 0.200. The Labute approximate surface area is 179 Å². The molecular formula is C20H17ClFN5O2S. The van der Waals surface area contributed by atoms with Gasteiger partial charge in [0.15, 0.2) is 5.16 Å². The molecule has 0 spiro atoms. The van der Waals surface area contributed by atoms with Crippen molar-refractivity contribution in [3.63, 3.8) is 0 Å². The van der Waals surface area contributed by atoms with Crippen molar-refractivity contribution in [2.75, 3.05) is 11.1 Å². The summed E-state index contributed by atoms with van der Waals surface area (Å²) in [6.07, 6.45) is 0.754. The second-order valence-corrected chi connectivity index (χ2v) is 7.96. The van der Waals surface area contributed by atoms with Crippen LogP contribution in [0.3, 0.4) is 0 Å². The summed E-state index contributed by atoms with van der Waals surface area (Å²) in [5.41, 5.74) is 0.928. The molecule has 0 bridgehead atoms. The van der Waals surface area contributed by atoms with Crippen molar-refractivity contribution in [2.45, 2.75) is 25.0 Å². The standard InChI is InChI=1S/C20H17ClFN5O2S/c1-2-9-26-18(29)15-8-3-12(21)10-16(15)27-19(26)24-25-20(27)30-11-17(28)23-14-6-4-13(22)5-7-14/h3-8,10H,2,9,11H2,1H3,(H,23,28). The number of nitrogens with zero attached hydrogens (tertiary/aromatic N) is 4. The molecule has 0 unspecified atom stereocenters.